The molecule has 0 radical (unpaired) electrons. The van der Waals surface area contributed by atoms with Crippen LogP contribution >= 0.6 is 0 Å². The quantitative estimate of drug-likeness (QED) is 0.928. The lowest BCUT2D eigenvalue weighted by Gasteiger charge is -2.16. The predicted molar refractivity (Wildman–Crippen MR) is 79.6 cm³/mol. The standard InChI is InChI=1S/C16H22FN3/c1-5-12-8-13(6-2)20(19-12)16-7-10(3)15(17)9-14(16)11(4)18/h7-9,11H,5-6,18H2,1-4H3. The van der Waals surface area contributed by atoms with Crippen LogP contribution in [-0.4, -0.2) is 9.78 Å². The van der Waals surface area contributed by atoms with E-state index in [1.54, 1.807) is 6.92 Å². The highest BCUT2D eigenvalue weighted by Gasteiger charge is 2.16. The summed E-state index contributed by atoms with van der Waals surface area (Å²) in [5.74, 6) is -0.220. The third kappa shape index (κ3) is 2.61. The van der Waals surface area contributed by atoms with E-state index in [4.69, 9.17) is 5.73 Å². The Balaban J connectivity index is 2.67. The maximum absolute atomic E-state index is 13.8. The summed E-state index contributed by atoms with van der Waals surface area (Å²) in [5.41, 5.74) is 10.4. The van der Waals surface area contributed by atoms with Crippen molar-refractivity contribution in [3.63, 3.8) is 0 Å². The maximum Gasteiger partial charge on any atom is 0.126 e. The van der Waals surface area contributed by atoms with Gasteiger partial charge in [0.1, 0.15) is 5.82 Å². The van der Waals surface area contributed by atoms with Crippen molar-refractivity contribution in [1.82, 2.24) is 9.78 Å². The molecule has 108 valence electrons. The monoisotopic (exact) mass is 275 g/mol. The van der Waals surface area contributed by atoms with Crippen molar-refractivity contribution in [1.29, 1.82) is 0 Å². The lowest BCUT2D eigenvalue weighted by Crippen LogP contribution is -2.13. The Bertz CT molecular complexity index is 614. The molecular weight excluding hydrogens is 253 g/mol. The number of nitrogens with zero attached hydrogens (tertiary/aromatic N) is 2. The Kier molecular flexibility index (Phi) is 4.23. The summed E-state index contributed by atoms with van der Waals surface area (Å²) < 4.78 is 15.7. The molecule has 3 nitrogen and oxygen atoms in total. The molecule has 0 amide bonds. The largest absolute Gasteiger partial charge is 0.324 e. The fourth-order valence-electron chi connectivity index (χ4n) is 2.34. The molecule has 0 saturated heterocycles. The topological polar surface area (TPSA) is 43.8 Å². The van der Waals surface area contributed by atoms with Gasteiger partial charge in [-0.2, -0.15) is 5.10 Å². The van der Waals surface area contributed by atoms with Crippen LogP contribution in [0.2, 0.25) is 0 Å². The Morgan fingerprint density at radius 3 is 2.50 bits per heavy atom. The van der Waals surface area contributed by atoms with Gasteiger partial charge in [0, 0.05) is 11.7 Å². The highest BCUT2D eigenvalue weighted by molar-refractivity contribution is 5.46. The van der Waals surface area contributed by atoms with Gasteiger partial charge in [0.25, 0.3) is 0 Å². The smallest absolute Gasteiger partial charge is 0.126 e. The minimum atomic E-state index is -0.237. The minimum absolute atomic E-state index is 0.220. The minimum Gasteiger partial charge on any atom is -0.324 e. The van der Waals surface area contributed by atoms with Crippen molar-refractivity contribution in [3.05, 3.63) is 46.5 Å². The predicted octanol–water partition coefficient (Wildman–Crippen LogP) is 3.46. The second-order valence-corrected chi connectivity index (χ2v) is 5.19. The summed E-state index contributed by atoms with van der Waals surface area (Å²) >= 11 is 0. The molecule has 1 aromatic heterocycles. The molecule has 1 heterocycles. The normalized spacial score (nSPS) is 12.7. The zero-order valence-electron chi connectivity index (χ0n) is 12.6. The molecule has 2 rings (SSSR count). The van der Waals surface area contributed by atoms with Crippen LogP contribution < -0.4 is 5.73 Å². The molecule has 1 atom stereocenters. The van der Waals surface area contributed by atoms with Gasteiger partial charge in [-0.15, -0.1) is 0 Å². The summed E-state index contributed by atoms with van der Waals surface area (Å²) in [6, 6.07) is 5.23. The van der Waals surface area contributed by atoms with Crippen molar-refractivity contribution < 1.29 is 4.39 Å². The Morgan fingerprint density at radius 1 is 1.25 bits per heavy atom. The van der Waals surface area contributed by atoms with Crippen LogP contribution in [0.1, 0.15) is 49.3 Å². The van der Waals surface area contributed by atoms with Crippen LogP contribution in [0.15, 0.2) is 18.2 Å². The van der Waals surface area contributed by atoms with Gasteiger partial charge in [-0.3, -0.25) is 0 Å². The summed E-state index contributed by atoms with van der Waals surface area (Å²) in [5, 5.41) is 4.62. The second-order valence-electron chi connectivity index (χ2n) is 5.19. The SMILES string of the molecule is CCc1cc(CC)n(-c2cc(C)c(F)cc2C(C)N)n1. The maximum atomic E-state index is 13.8. The zero-order valence-corrected chi connectivity index (χ0v) is 12.6. The molecule has 4 heteroatoms. The molecular formula is C16H22FN3. The van der Waals surface area contributed by atoms with Crippen molar-refractivity contribution in [2.75, 3.05) is 0 Å². The second kappa shape index (κ2) is 5.75. The number of hydrogen-bond donors (Lipinski definition) is 1. The van der Waals surface area contributed by atoms with E-state index in [0.29, 0.717) is 5.56 Å². The fraction of sp³-hybridized carbons (Fsp3) is 0.438. The molecule has 0 saturated carbocycles. The zero-order chi connectivity index (χ0) is 14.9. The van der Waals surface area contributed by atoms with E-state index in [1.807, 2.05) is 17.7 Å². The van der Waals surface area contributed by atoms with Crippen LogP contribution in [0.25, 0.3) is 5.69 Å². The Morgan fingerprint density at radius 2 is 1.95 bits per heavy atom. The highest BCUT2D eigenvalue weighted by atomic mass is 19.1. The van der Waals surface area contributed by atoms with E-state index in [1.165, 1.54) is 6.07 Å². The first kappa shape index (κ1) is 14.7. The van der Waals surface area contributed by atoms with Crippen LogP contribution in [0.5, 0.6) is 0 Å². The third-order valence-electron chi connectivity index (χ3n) is 3.58. The van der Waals surface area contributed by atoms with Gasteiger partial charge in [0.2, 0.25) is 0 Å². The highest BCUT2D eigenvalue weighted by Crippen LogP contribution is 2.25. The molecule has 0 aliphatic heterocycles. The average molecular weight is 275 g/mol. The molecule has 0 bridgehead atoms. The molecule has 1 aromatic carbocycles. The van der Waals surface area contributed by atoms with E-state index in [9.17, 15) is 4.39 Å². The van der Waals surface area contributed by atoms with Gasteiger partial charge < -0.3 is 5.73 Å². The first-order valence-corrected chi connectivity index (χ1v) is 7.11. The lowest BCUT2D eigenvalue weighted by atomic mass is 10.0. The van der Waals surface area contributed by atoms with Gasteiger partial charge in [0.15, 0.2) is 0 Å². The number of benzene rings is 1. The third-order valence-corrected chi connectivity index (χ3v) is 3.58. The molecule has 1 unspecified atom stereocenters. The van der Waals surface area contributed by atoms with Crippen LogP contribution in [0.4, 0.5) is 4.39 Å². The summed E-state index contributed by atoms with van der Waals surface area (Å²) in [4.78, 5) is 0. The van der Waals surface area contributed by atoms with Crippen LogP contribution in [-0.2, 0) is 12.8 Å². The van der Waals surface area contributed by atoms with Gasteiger partial charge in [-0.25, -0.2) is 9.07 Å². The Hall–Kier alpha value is -1.68. The van der Waals surface area contributed by atoms with Crippen molar-refractivity contribution >= 4 is 0 Å². The van der Waals surface area contributed by atoms with Gasteiger partial charge in [-0.05, 0) is 56.0 Å². The lowest BCUT2D eigenvalue weighted by molar-refractivity contribution is 0.610. The number of hydrogen-bond acceptors (Lipinski definition) is 2. The van der Waals surface area contributed by atoms with Crippen molar-refractivity contribution in [2.24, 2.45) is 5.73 Å². The number of rotatable bonds is 4. The summed E-state index contributed by atoms with van der Waals surface area (Å²) in [6.45, 7) is 7.80. The first-order valence-electron chi connectivity index (χ1n) is 7.11. The molecule has 20 heavy (non-hydrogen) atoms. The molecule has 0 aliphatic rings. The molecule has 2 aromatic rings. The first-order chi connectivity index (χ1) is 9.47. The van der Waals surface area contributed by atoms with E-state index >= 15 is 0 Å². The van der Waals surface area contributed by atoms with E-state index in [2.05, 4.69) is 25.0 Å². The van der Waals surface area contributed by atoms with E-state index in [0.717, 1.165) is 35.5 Å². The summed E-state index contributed by atoms with van der Waals surface area (Å²) in [6.07, 6.45) is 1.76. The molecule has 0 aliphatic carbocycles. The van der Waals surface area contributed by atoms with E-state index < -0.39 is 0 Å². The van der Waals surface area contributed by atoms with Gasteiger partial charge in [-0.1, -0.05) is 13.8 Å². The fourth-order valence-corrected chi connectivity index (χ4v) is 2.34. The molecule has 0 spiro atoms. The number of aryl methyl sites for hydroxylation is 3. The van der Waals surface area contributed by atoms with Crippen LogP contribution in [0.3, 0.4) is 0 Å². The average Bonchev–Trinajstić information content (AvgIpc) is 2.84. The number of aromatic nitrogens is 2. The molecule has 2 N–H and O–H groups in total. The van der Waals surface area contributed by atoms with Crippen molar-refractivity contribution in [3.8, 4) is 5.69 Å². The molecule has 0 fully saturated rings. The van der Waals surface area contributed by atoms with Crippen LogP contribution in [0, 0.1) is 12.7 Å². The summed E-state index contributed by atoms with van der Waals surface area (Å²) in [7, 11) is 0. The van der Waals surface area contributed by atoms with Gasteiger partial charge >= 0.3 is 0 Å². The van der Waals surface area contributed by atoms with Gasteiger partial charge in [0.05, 0.1) is 11.4 Å². The number of nitrogens with two attached hydrogens (primary N) is 1. The Labute approximate surface area is 119 Å². The van der Waals surface area contributed by atoms with Crippen molar-refractivity contribution in [2.45, 2.75) is 46.6 Å². The van der Waals surface area contributed by atoms with E-state index in [-0.39, 0.29) is 11.9 Å². The number of halogens is 1.